The van der Waals surface area contributed by atoms with Crippen LogP contribution >= 0.6 is 11.3 Å². The predicted octanol–water partition coefficient (Wildman–Crippen LogP) is 3.52. The molecule has 17 heavy (non-hydrogen) atoms. The zero-order chi connectivity index (χ0) is 12.3. The maximum Gasteiger partial charge on any atom is 0.132 e. The molecule has 0 unspecified atom stereocenters. The average molecular weight is 252 g/mol. The molecule has 2 aromatic rings. The molecule has 90 valence electrons. The minimum absolute atomic E-state index is 0.286. The monoisotopic (exact) mass is 252 g/mol. The van der Waals surface area contributed by atoms with Crippen LogP contribution in [0.4, 0.5) is 4.39 Å². The second-order valence-electron chi connectivity index (χ2n) is 3.73. The molecule has 0 bridgehead atoms. The molecule has 0 saturated heterocycles. The van der Waals surface area contributed by atoms with Crippen molar-refractivity contribution in [1.29, 1.82) is 0 Å². The molecule has 0 radical (unpaired) electrons. The second-order valence-corrected chi connectivity index (χ2v) is 4.76. The van der Waals surface area contributed by atoms with Gasteiger partial charge in [0.2, 0.25) is 0 Å². The lowest BCUT2D eigenvalue weighted by atomic mass is 10.1. The number of halogens is 1. The maximum atomic E-state index is 13.5. The zero-order valence-electron chi connectivity index (χ0n) is 9.39. The standard InChI is InChI=1S/C13H13FO2S/c1-9(15)12-5-4-10(7-13(12)14)16-8-11-3-2-6-17-11/h2-7,9,15H,8H2,1H3/t9-/m0/s1. The Morgan fingerprint density at radius 2 is 2.24 bits per heavy atom. The summed E-state index contributed by atoms with van der Waals surface area (Å²) in [5, 5.41) is 11.3. The summed E-state index contributed by atoms with van der Waals surface area (Å²) in [4.78, 5) is 1.09. The third-order valence-electron chi connectivity index (χ3n) is 2.38. The number of aliphatic hydroxyl groups excluding tert-OH is 1. The van der Waals surface area contributed by atoms with Crippen LogP contribution in [0, 0.1) is 5.82 Å². The van der Waals surface area contributed by atoms with Gasteiger partial charge in [0.15, 0.2) is 0 Å². The Hall–Kier alpha value is -1.39. The number of benzene rings is 1. The Balaban J connectivity index is 2.05. The van der Waals surface area contributed by atoms with Crippen LogP contribution < -0.4 is 4.74 Å². The minimum Gasteiger partial charge on any atom is -0.488 e. The third-order valence-corrected chi connectivity index (χ3v) is 3.23. The van der Waals surface area contributed by atoms with E-state index in [1.807, 2.05) is 17.5 Å². The lowest BCUT2D eigenvalue weighted by molar-refractivity contribution is 0.194. The van der Waals surface area contributed by atoms with Crippen LogP contribution in [0.25, 0.3) is 0 Å². The molecule has 0 aliphatic carbocycles. The van der Waals surface area contributed by atoms with E-state index in [4.69, 9.17) is 4.74 Å². The number of hydrogen-bond donors (Lipinski definition) is 1. The zero-order valence-corrected chi connectivity index (χ0v) is 10.2. The van der Waals surface area contributed by atoms with Crippen molar-refractivity contribution >= 4 is 11.3 Å². The van der Waals surface area contributed by atoms with E-state index in [0.717, 1.165) is 4.88 Å². The fraction of sp³-hybridized carbons (Fsp3) is 0.231. The molecule has 0 saturated carbocycles. The summed E-state index contributed by atoms with van der Waals surface area (Å²) in [7, 11) is 0. The van der Waals surface area contributed by atoms with Gasteiger partial charge in [0, 0.05) is 16.5 Å². The first-order valence-electron chi connectivity index (χ1n) is 5.29. The Labute approximate surface area is 103 Å². The summed E-state index contributed by atoms with van der Waals surface area (Å²) in [5.41, 5.74) is 0.286. The molecule has 2 rings (SSSR count). The Kier molecular flexibility index (Phi) is 3.76. The number of hydrogen-bond acceptors (Lipinski definition) is 3. The van der Waals surface area contributed by atoms with Crippen LogP contribution in [0.5, 0.6) is 5.75 Å². The molecular formula is C13H13FO2S. The van der Waals surface area contributed by atoms with Gasteiger partial charge in [0.05, 0.1) is 6.10 Å². The Bertz CT molecular complexity index is 480. The van der Waals surface area contributed by atoms with Crippen LogP contribution in [0.1, 0.15) is 23.5 Å². The van der Waals surface area contributed by atoms with Gasteiger partial charge in [-0.05, 0) is 30.5 Å². The van der Waals surface area contributed by atoms with Crippen molar-refractivity contribution in [3.05, 3.63) is 52.0 Å². The topological polar surface area (TPSA) is 29.5 Å². The van der Waals surface area contributed by atoms with E-state index in [1.54, 1.807) is 23.5 Å². The highest BCUT2D eigenvalue weighted by molar-refractivity contribution is 7.09. The summed E-state index contributed by atoms with van der Waals surface area (Å²) < 4.78 is 19.0. The maximum absolute atomic E-state index is 13.5. The van der Waals surface area contributed by atoms with Gasteiger partial charge in [-0.2, -0.15) is 0 Å². The highest BCUT2D eigenvalue weighted by Crippen LogP contribution is 2.22. The lowest BCUT2D eigenvalue weighted by Crippen LogP contribution is -1.98. The minimum atomic E-state index is -0.804. The third kappa shape index (κ3) is 3.05. The van der Waals surface area contributed by atoms with Crippen molar-refractivity contribution in [1.82, 2.24) is 0 Å². The van der Waals surface area contributed by atoms with Crippen molar-refractivity contribution in [3.8, 4) is 5.75 Å². The summed E-state index contributed by atoms with van der Waals surface area (Å²) in [6.07, 6.45) is -0.804. The average Bonchev–Trinajstić information content (AvgIpc) is 2.78. The molecule has 0 aliphatic rings. The Morgan fingerprint density at radius 1 is 1.41 bits per heavy atom. The summed E-state index contributed by atoms with van der Waals surface area (Å²) in [6, 6.07) is 8.42. The van der Waals surface area contributed by atoms with Gasteiger partial charge in [-0.15, -0.1) is 11.3 Å². The molecule has 0 spiro atoms. The van der Waals surface area contributed by atoms with Gasteiger partial charge in [-0.3, -0.25) is 0 Å². The number of thiophene rings is 1. The highest BCUT2D eigenvalue weighted by Gasteiger charge is 2.09. The van der Waals surface area contributed by atoms with E-state index < -0.39 is 11.9 Å². The molecule has 0 fully saturated rings. The molecule has 0 amide bonds. The van der Waals surface area contributed by atoms with E-state index in [-0.39, 0.29) is 5.56 Å². The van der Waals surface area contributed by atoms with Gasteiger partial charge in [-0.25, -0.2) is 4.39 Å². The van der Waals surface area contributed by atoms with Gasteiger partial charge in [-0.1, -0.05) is 6.07 Å². The molecule has 1 atom stereocenters. The first kappa shape index (κ1) is 12.1. The van der Waals surface area contributed by atoms with Crippen molar-refractivity contribution in [2.45, 2.75) is 19.6 Å². The number of rotatable bonds is 4. The van der Waals surface area contributed by atoms with Crippen LogP contribution in [0.15, 0.2) is 35.7 Å². The molecule has 1 aromatic carbocycles. The number of aliphatic hydroxyl groups is 1. The molecule has 1 heterocycles. The predicted molar refractivity (Wildman–Crippen MR) is 65.7 cm³/mol. The van der Waals surface area contributed by atoms with Gasteiger partial charge in [0.25, 0.3) is 0 Å². The first-order chi connectivity index (χ1) is 8.16. The Morgan fingerprint density at radius 3 is 2.82 bits per heavy atom. The molecule has 1 aromatic heterocycles. The summed E-state index contributed by atoms with van der Waals surface area (Å²) >= 11 is 1.60. The van der Waals surface area contributed by atoms with Crippen molar-refractivity contribution in [2.75, 3.05) is 0 Å². The quantitative estimate of drug-likeness (QED) is 0.902. The fourth-order valence-electron chi connectivity index (χ4n) is 1.49. The summed E-state index contributed by atoms with van der Waals surface area (Å²) in [6.45, 7) is 1.97. The number of ether oxygens (including phenoxy) is 1. The molecule has 2 nitrogen and oxygen atoms in total. The van der Waals surface area contributed by atoms with E-state index in [9.17, 15) is 9.50 Å². The van der Waals surface area contributed by atoms with Crippen LogP contribution in [0.2, 0.25) is 0 Å². The van der Waals surface area contributed by atoms with Crippen LogP contribution in [-0.2, 0) is 6.61 Å². The largest absolute Gasteiger partial charge is 0.488 e. The highest BCUT2D eigenvalue weighted by atomic mass is 32.1. The fourth-order valence-corrected chi connectivity index (χ4v) is 2.10. The molecule has 1 N–H and O–H groups in total. The summed E-state index contributed by atoms with van der Waals surface area (Å²) in [5.74, 6) is 0.0315. The first-order valence-corrected chi connectivity index (χ1v) is 6.17. The van der Waals surface area contributed by atoms with E-state index in [0.29, 0.717) is 12.4 Å². The van der Waals surface area contributed by atoms with Crippen molar-refractivity contribution in [3.63, 3.8) is 0 Å². The van der Waals surface area contributed by atoms with Crippen molar-refractivity contribution in [2.24, 2.45) is 0 Å². The van der Waals surface area contributed by atoms with Gasteiger partial charge < -0.3 is 9.84 Å². The smallest absolute Gasteiger partial charge is 0.132 e. The van der Waals surface area contributed by atoms with Gasteiger partial charge in [0.1, 0.15) is 18.2 Å². The van der Waals surface area contributed by atoms with E-state index >= 15 is 0 Å². The van der Waals surface area contributed by atoms with Gasteiger partial charge >= 0.3 is 0 Å². The van der Waals surface area contributed by atoms with Crippen molar-refractivity contribution < 1.29 is 14.2 Å². The van der Waals surface area contributed by atoms with Crippen LogP contribution in [0.3, 0.4) is 0 Å². The van der Waals surface area contributed by atoms with Crippen LogP contribution in [-0.4, -0.2) is 5.11 Å². The normalized spacial score (nSPS) is 12.4. The molecule has 4 heteroatoms. The lowest BCUT2D eigenvalue weighted by Gasteiger charge is -2.09. The molecule has 0 aliphatic heterocycles. The van der Waals surface area contributed by atoms with E-state index in [1.165, 1.54) is 13.0 Å². The molecular weight excluding hydrogens is 239 g/mol. The van der Waals surface area contributed by atoms with E-state index in [2.05, 4.69) is 0 Å². The SMILES string of the molecule is C[C@H](O)c1ccc(OCc2cccs2)cc1F. The second kappa shape index (κ2) is 5.29.